The van der Waals surface area contributed by atoms with E-state index in [1.54, 1.807) is 0 Å². The summed E-state index contributed by atoms with van der Waals surface area (Å²) in [6.45, 7) is 6.68. The number of carbonyl (C=O) groups excluding carboxylic acids is 1. The lowest BCUT2D eigenvalue weighted by molar-refractivity contribution is -0.127. The van der Waals surface area contributed by atoms with Gasteiger partial charge in [0.25, 0.3) is 0 Å². The lowest BCUT2D eigenvalue weighted by Gasteiger charge is -2.55. The van der Waals surface area contributed by atoms with Crippen LogP contribution in [0.3, 0.4) is 0 Å². The van der Waals surface area contributed by atoms with E-state index in [2.05, 4.69) is 19.6 Å². The molecule has 4 aliphatic rings. The Kier molecular flexibility index (Phi) is 3.32. The van der Waals surface area contributed by atoms with Gasteiger partial charge >= 0.3 is 0 Å². The SMILES string of the molecule is C=CC1CCC2C3CCC4CC(=O)CCC4C3CCC12C. The van der Waals surface area contributed by atoms with Crippen molar-refractivity contribution in [3.8, 4) is 0 Å². The lowest BCUT2D eigenvalue weighted by atomic mass is 9.50. The number of rotatable bonds is 1. The zero-order valence-corrected chi connectivity index (χ0v) is 13.5. The maximum absolute atomic E-state index is 11.8. The van der Waals surface area contributed by atoms with Gasteiger partial charge in [-0.05, 0) is 85.9 Å². The molecule has 0 aliphatic heterocycles. The lowest BCUT2D eigenvalue weighted by Crippen LogP contribution is -2.48. The molecule has 0 saturated heterocycles. The third kappa shape index (κ3) is 1.99. The van der Waals surface area contributed by atoms with Crippen molar-refractivity contribution < 1.29 is 4.79 Å². The summed E-state index contributed by atoms with van der Waals surface area (Å²) in [6.07, 6.45) is 13.6. The molecule has 0 aromatic carbocycles. The highest BCUT2D eigenvalue weighted by Crippen LogP contribution is 2.64. The number of hydrogen-bond donors (Lipinski definition) is 0. The van der Waals surface area contributed by atoms with E-state index in [9.17, 15) is 4.79 Å². The smallest absolute Gasteiger partial charge is 0.133 e. The molecule has 1 nitrogen and oxygen atoms in total. The Labute approximate surface area is 129 Å². The van der Waals surface area contributed by atoms with E-state index in [4.69, 9.17) is 0 Å². The molecular weight excluding hydrogens is 256 g/mol. The summed E-state index contributed by atoms with van der Waals surface area (Å²) >= 11 is 0. The Bertz CT molecular complexity index is 453. The summed E-state index contributed by atoms with van der Waals surface area (Å²) in [5.41, 5.74) is 0.542. The van der Waals surface area contributed by atoms with Gasteiger partial charge in [0.05, 0.1) is 0 Å². The number of carbonyl (C=O) groups is 1. The van der Waals surface area contributed by atoms with Gasteiger partial charge in [0.15, 0.2) is 0 Å². The van der Waals surface area contributed by atoms with E-state index in [0.29, 0.717) is 11.2 Å². The first-order valence-corrected chi connectivity index (χ1v) is 9.27. The predicted molar refractivity (Wildman–Crippen MR) is 85.8 cm³/mol. The second kappa shape index (κ2) is 4.96. The van der Waals surface area contributed by atoms with Crippen molar-refractivity contribution >= 4 is 5.78 Å². The van der Waals surface area contributed by atoms with Crippen molar-refractivity contribution in [2.45, 2.75) is 64.7 Å². The number of allylic oxidation sites excluding steroid dienone is 1. The minimum atomic E-state index is 0.542. The summed E-state index contributed by atoms with van der Waals surface area (Å²) in [5, 5.41) is 0. The molecule has 21 heavy (non-hydrogen) atoms. The summed E-state index contributed by atoms with van der Waals surface area (Å²) in [7, 11) is 0. The Balaban J connectivity index is 1.58. The highest BCUT2D eigenvalue weighted by atomic mass is 16.1. The fraction of sp³-hybridized carbons (Fsp3) is 0.850. The molecule has 4 rings (SSSR count). The molecule has 0 radical (unpaired) electrons. The van der Waals surface area contributed by atoms with E-state index < -0.39 is 0 Å². The van der Waals surface area contributed by atoms with Crippen molar-refractivity contribution in [1.82, 2.24) is 0 Å². The van der Waals surface area contributed by atoms with E-state index in [1.807, 2.05) is 0 Å². The zero-order chi connectivity index (χ0) is 14.6. The Morgan fingerprint density at radius 3 is 2.71 bits per heavy atom. The fourth-order valence-electron chi connectivity index (χ4n) is 7.09. The summed E-state index contributed by atoms with van der Waals surface area (Å²) in [6, 6.07) is 0. The molecule has 7 unspecified atom stereocenters. The average molecular weight is 286 g/mol. The standard InChI is InChI=1S/C20H30O/c1-3-14-5-9-19-18-7-4-13-12-15(21)6-8-16(13)17(18)10-11-20(14,19)2/h3,13-14,16-19H,1,4-12H2,2H3. The maximum Gasteiger partial charge on any atom is 0.133 e. The Morgan fingerprint density at radius 1 is 1.05 bits per heavy atom. The van der Waals surface area contributed by atoms with Crippen LogP contribution in [0.25, 0.3) is 0 Å². The van der Waals surface area contributed by atoms with Crippen molar-refractivity contribution in [1.29, 1.82) is 0 Å². The fourth-order valence-corrected chi connectivity index (χ4v) is 7.09. The zero-order valence-electron chi connectivity index (χ0n) is 13.5. The van der Waals surface area contributed by atoms with Crippen molar-refractivity contribution in [3.63, 3.8) is 0 Å². The highest BCUT2D eigenvalue weighted by Gasteiger charge is 2.56. The molecule has 0 bridgehead atoms. The molecule has 0 spiro atoms. The van der Waals surface area contributed by atoms with Crippen LogP contribution in [0.5, 0.6) is 0 Å². The van der Waals surface area contributed by atoms with Gasteiger partial charge < -0.3 is 0 Å². The molecule has 0 aromatic rings. The van der Waals surface area contributed by atoms with Crippen LogP contribution < -0.4 is 0 Å². The van der Waals surface area contributed by atoms with Crippen molar-refractivity contribution in [3.05, 3.63) is 12.7 Å². The second-order valence-electron chi connectivity index (χ2n) is 8.68. The van der Waals surface area contributed by atoms with Crippen LogP contribution in [0.15, 0.2) is 12.7 Å². The maximum atomic E-state index is 11.8. The second-order valence-corrected chi connectivity index (χ2v) is 8.68. The molecule has 0 N–H and O–H groups in total. The molecule has 4 saturated carbocycles. The van der Waals surface area contributed by atoms with Crippen LogP contribution in [-0.4, -0.2) is 5.78 Å². The van der Waals surface area contributed by atoms with Gasteiger partial charge in [-0.2, -0.15) is 0 Å². The molecule has 7 atom stereocenters. The first kappa shape index (κ1) is 14.0. The van der Waals surface area contributed by atoms with Crippen molar-refractivity contribution in [2.24, 2.45) is 40.9 Å². The van der Waals surface area contributed by atoms with Crippen LogP contribution in [0.4, 0.5) is 0 Å². The topological polar surface area (TPSA) is 17.1 Å². The van der Waals surface area contributed by atoms with Gasteiger partial charge in [-0.15, -0.1) is 6.58 Å². The largest absolute Gasteiger partial charge is 0.300 e. The number of fused-ring (bicyclic) bond motifs is 5. The van der Waals surface area contributed by atoms with Gasteiger partial charge in [0.2, 0.25) is 0 Å². The molecule has 0 amide bonds. The first-order chi connectivity index (χ1) is 10.1. The van der Waals surface area contributed by atoms with Crippen LogP contribution >= 0.6 is 0 Å². The van der Waals surface area contributed by atoms with E-state index in [1.165, 1.54) is 44.9 Å². The summed E-state index contributed by atoms with van der Waals surface area (Å²) in [5.74, 6) is 5.78. The van der Waals surface area contributed by atoms with Crippen LogP contribution in [0.1, 0.15) is 64.7 Å². The molecule has 116 valence electrons. The predicted octanol–water partition coefficient (Wildman–Crippen LogP) is 5.01. The molecule has 4 aliphatic carbocycles. The minimum absolute atomic E-state index is 0.542. The van der Waals surface area contributed by atoms with Crippen molar-refractivity contribution in [2.75, 3.05) is 0 Å². The molecule has 4 fully saturated rings. The Morgan fingerprint density at radius 2 is 1.90 bits per heavy atom. The highest BCUT2D eigenvalue weighted by molar-refractivity contribution is 5.79. The number of hydrogen-bond acceptors (Lipinski definition) is 1. The first-order valence-electron chi connectivity index (χ1n) is 9.27. The molecule has 1 heteroatoms. The number of Topliss-reactive ketones (excluding diaryl/α,β-unsaturated/α-hetero) is 1. The third-order valence-electron chi connectivity index (χ3n) is 8.12. The van der Waals surface area contributed by atoms with Gasteiger partial charge in [-0.25, -0.2) is 0 Å². The summed E-state index contributed by atoms with van der Waals surface area (Å²) < 4.78 is 0. The van der Waals surface area contributed by atoms with Gasteiger partial charge in [-0.1, -0.05) is 13.0 Å². The van der Waals surface area contributed by atoms with E-state index >= 15 is 0 Å². The summed E-state index contributed by atoms with van der Waals surface area (Å²) in [4.78, 5) is 11.8. The normalized spacial score (nSPS) is 52.7. The quantitative estimate of drug-likeness (QED) is 0.619. The van der Waals surface area contributed by atoms with Gasteiger partial charge in [0.1, 0.15) is 5.78 Å². The number of ketones is 1. The third-order valence-corrected chi connectivity index (χ3v) is 8.12. The Hall–Kier alpha value is -0.590. The van der Waals surface area contributed by atoms with E-state index in [0.717, 1.165) is 48.3 Å². The van der Waals surface area contributed by atoms with Gasteiger partial charge in [0, 0.05) is 12.8 Å². The van der Waals surface area contributed by atoms with Gasteiger partial charge in [-0.3, -0.25) is 4.79 Å². The molecule has 0 aromatic heterocycles. The molecular formula is C20H30O. The molecule has 0 heterocycles. The van der Waals surface area contributed by atoms with Crippen LogP contribution in [-0.2, 0) is 4.79 Å². The minimum Gasteiger partial charge on any atom is -0.300 e. The monoisotopic (exact) mass is 286 g/mol. The van der Waals surface area contributed by atoms with Crippen LogP contribution in [0, 0.1) is 40.9 Å². The average Bonchev–Trinajstić information content (AvgIpc) is 2.83. The van der Waals surface area contributed by atoms with Crippen LogP contribution in [0.2, 0.25) is 0 Å². The van der Waals surface area contributed by atoms with E-state index in [-0.39, 0.29) is 0 Å².